The Morgan fingerprint density at radius 2 is 2.29 bits per heavy atom. The molecule has 0 unspecified atom stereocenters. The van der Waals surface area contributed by atoms with Crippen LogP contribution in [0.5, 0.6) is 0 Å². The van der Waals surface area contributed by atoms with E-state index in [4.69, 9.17) is 0 Å². The van der Waals surface area contributed by atoms with Crippen LogP contribution in [0.15, 0.2) is 12.1 Å². The standard InChI is InChI=1S/C9H14N4.ClH/c1-7-2-3-9(13-12-7)11-8-4-5-10-6-8;/h2-3,8,10H,4-6H2,1H3,(H,11,13);1H/t8-;/m0./s1. The van der Waals surface area contributed by atoms with E-state index in [-0.39, 0.29) is 12.4 Å². The summed E-state index contributed by atoms with van der Waals surface area (Å²) in [6, 6.07) is 4.45. The fraction of sp³-hybridized carbons (Fsp3) is 0.556. The van der Waals surface area contributed by atoms with Crippen LogP contribution in [0.25, 0.3) is 0 Å². The zero-order valence-electron chi connectivity index (χ0n) is 8.16. The van der Waals surface area contributed by atoms with Gasteiger partial charge in [-0.3, -0.25) is 0 Å². The maximum absolute atomic E-state index is 4.05. The molecule has 2 N–H and O–H groups in total. The maximum atomic E-state index is 4.05. The second-order valence-corrected chi connectivity index (χ2v) is 3.39. The minimum atomic E-state index is 0. The van der Waals surface area contributed by atoms with Crippen LogP contribution in [0.1, 0.15) is 12.1 Å². The van der Waals surface area contributed by atoms with Crippen molar-refractivity contribution in [3.05, 3.63) is 17.8 Å². The first-order chi connectivity index (χ1) is 6.34. The average Bonchev–Trinajstić information content (AvgIpc) is 2.62. The van der Waals surface area contributed by atoms with E-state index in [1.54, 1.807) is 0 Å². The van der Waals surface area contributed by atoms with Crippen LogP contribution in [-0.2, 0) is 0 Å². The second kappa shape index (κ2) is 5.12. The molecular weight excluding hydrogens is 200 g/mol. The van der Waals surface area contributed by atoms with Gasteiger partial charge in [-0.05, 0) is 32.0 Å². The predicted molar refractivity (Wildman–Crippen MR) is 58.9 cm³/mol. The summed E-state index contributed by atoms with van der Waals surface area (Å²) in [7, 11) is 0. The van der Waals surface area contributed by atoms with Crippen LogP contribution in [0, 0.1) is 6.92 Å². The summed E-state index contributed by atoms with van der Waals surface area (Å²) in [5.41, 5.74) is 0.954. The molecule has 1 atom stereocenters. The zero-order chi connectivity index (χ0) is 9.10. The predicted octanol–water partition coefficient (Wildman–Crippen LogP) is 0.981. The monoisotopic (exact) mass is 214 g/mol. The van der Waals surface area contributed by atoms with Crippen LogP contribution in [0.4, 0.5) is 5.82 Å². The summed E-state index contributed by atoms with van der Waals surface area (Å²) in [6.07, 6.45) is 1.16. The minimum Gasteiger partial charge on any atom is -0.365 e. The number of hydrogen-bond donors (Lipinski definition) is 2. The molecule has 1 aliphatic rings. The SMILES string of the molecule is Cc1ccc(N[C@H]2CCNC2)nn1.Cl. The highest BCUT2D eigenvalue weighted by atomic mass is 35.5. The van der Waals surface area contributed by atoms with E-state index in [2.05, 4.69) is 20.8 Å². The average molecular weight is 215 g/mol. The number of halogens is 1. The van der Waals surface area contributed by atoms with E-state index in [1.165, 1.54) is 0 Å². The van der Waals surface area contributed by atoms with E-state index >= 15 is 0 Å². The first kappa shape index (κ1) is 11.2. The summed E-state index contributed by atoms with van der Waals surface area (Å²) in [6.45, 7) is 4.06. The molecule has 1 aliphatic heterocycles. The molecule has 0 spiro atoms. The van der Waals surface area contributed by atoms with Crippen molar-refractivity contribution < 1.29 is 0 Å². The smallest absolute Gasteiger partial charge is 0.148 e. The highest BCUT2D eigenvalue weighted by Gasteiger charge is 2.13. The van der Waals surface area contributed by atoms with E-state index in [9.17, 15) is 0 Å². The summed E-state index contributed by atoms with van der Waals surface area (Å²) < 4.78 is 0. The Morgan fingerprint density at radius 1 is 1.43 bits per heavy atom. The Bertz CT molecular complexity index is 269. The third-order valence-corrected chi connectivity index (χ3v) is 2.21. The van der Waals surface area contributed by atoms with Crippen molar-refractivity contribution in [2.45, 2.75) is 19.4 Å². The third kappa shape index (κ3) is 2.82. The van der Waals surface area contributed by atoms with Gasteiger partial charge < -0.3 is 10.6 Å². The number of aryl methyl sites for hydroxylation is 1. The Labute approximate surface area is 89.9 Å². The first-order valence-electron chi connectivity index (χ1n) is 4.62. The van der Waals surface area contributed by atoms with Gasteiger partial charge in [0.15, 0.2) is 0 Å². The third-order valence-electron chi connectivity index (χ3n) is 2.21. The Morgan fingerprint density at radius 3 is 2.86 bits per heavy atom. The molecular formula is C9H15ClN4. The molecule has 0 bridgehead atoms. The fourth-order valence-electron chi connectivity index (χ4n) is 1.46. The van der Waals surface area contributed by atoms with Crippen LogP contribution < -0.4 is 10.6 Å². The Kier molecular flexibility index (Phi) is 4.10. The molecule has 0 aromatic carbocycles. The number of hydrogen-bond acceptors (Lipinski definition) is 4. The van der Waals surface area contributed by atoms with Gasteiger partial charge in [0.2, 0.25) is 0 Å². The molecule has 1 fully saturated rings. The molecule has 5 heteroatoms. The highest BCUT2D eigenvalue weighted by molar-refractivity contribution is 5.85. The molecule has 4 nitrogen and oxygen atoms in total. The van der Waals surface area contributed by atoms with Gasteiger partial charge in [0, 0.05) is 12.6 Å². The van der Waals surface area contributed by atoms with Crippen LogP contribution >= 0.6 is 12.4 Å². The summed E-state index contributed by atoms with van der Waals surface area (Å²) in [5.74, 6) is 0.874. The highest BCUT2D eigenvalue weighted by Crippen LogP contribution is 2.07. The molecule has 2 rings (SSSR count). The molecule has 78 valence electrons. The molecule has 0 aliphatic carbocycles. The lowest BCUT2D eigenvalue weighted by molar-refractivity contribution is 0.781. The summed E-state index contributed by atoms with van der Waals surface area (Å²) in [5, 5.41) is 14.7. The van der Waals surface area contributed by atoms with Gasteiger partial charge in [-0.2, -0.15) is 5.10 Å². The van der Waals surface area contributed by atoms with Crippen molar-refractivity contribution in [1.29, 1.82) is 0 Å². The van der Waals surface area contributed by atoms with Crippen LogP contribution in [0.2, 0.25) is 0 Å². The van der Waals surface area contributed by atoms with Crippen molar-refractivity contribution in [3.63, 3.8) is 0 Å². The van der Waals surface area contributed by atoms with Crippen molar-refractivity contribution in [2.75, 3.05) is 18.4 Å². The van der Waals surface area contributed by atoms with Gasteiger partial charge in [-0.25, -0.2) is 0 Å². The van der Waals surface area contributed by atoms with Gasteiger partial charge in [0.25, 0.3) is 0 Å². The van der Waals surface area contributed by atoms with Gasteiger partial charge in [0.05, 0.1) is 5.69 Å². The maximum Gasteiger partial charge on any atom is 0.148 e. The zero-order valence-corrected chi connectivity index (χ0v) is 8.97. The lowest BCUT2D eigenvalue weighted by Gasteiger charge is -2.10. The lowest BCUT2D eigenvalue weighted by Crippen LogP contribution is -2.22. The molecule has 0 saturated carbocycles. The number of anilines is 1. The summed E-state index contributed by atoms with van der Waals surface area (Å²) >= 11 is 0. The number of rotatable bonds is 2. The van der Waals surface area contributed by atoms with Crippen molar-refractivity contribution >= 4 is 18.2 Å². The molecule has 2 heterocycles. The van der Waals surface area contributed by atoms with Gasteiger partial charge in [0.1, 0.15) is 5.82 Å². The van der Waals surface area contributed by atoms with Crippen molar-refractivity contribution in [3.8, 4) is 0 Å². The topological polar surface area (TPSA) is 49.8 Å². The molecule has 1 saturated heterocycles. The van der Waals surface area contributed by atoms with Gasteiger partial charge in [-0.1, -0.05) is 0 Å². The van der Waals surface area contributed by atoms with Crippen molar-refractivity contribution in [2.24, 2.45) is 0 Å². The lowest BCUT2D eigenvalue weighted by atomic mass is 10.2. The van der Waals surface area contributed by atoms with Gasteiger partial charge >= 0.3 is 0 Å². The van der Waals surface area contributed by atoms with Gasteiger partial charge in [-0.15, -0.1) is 17.5 Å². The van der Waals surface area contributed by atoms with Crippen LogP contribution in [0.3, 0.4) is 0 Å². The summed E-state index contributed by atoms with van der Waals surface area (Å²) in [4.78, 5) is 0. The Balaban J connectivity index is 0.000000980. The number of aromatic nitrogens is 2. The number of nitrogens with one attached hydrogen (secondary N) is 2. The van der Waals surface area contributed by atoms with E-state index in [0.29, 0.717) is 6.04 Å². The second-order valence-electron chi connectivity index (χ2n) is 3.39. The van der Waals surface area contributed by atoms with Crippen LogP contribution in [-0.4, -0.2) is 29.3 Å². The minimum absolute atomic E-state index is 0. The first-order valence-corrected chi connectivity index (χ1v) is 4.62. The van der Waals surface area contributed by atoms with E-state index in [0.717, 1.165) is 31.0 Å². The van der Waals surface area contributed by atoms with E-state index < -0.39 is 0 Å². The normalized spacial score (nSPS) is 20.2. The van der Waals surface area contributed by atoms with Crippen molar-refractivity contribution in [1.82, 2.24) is 15.5 Å². The molecule has 0 radical (unpaired) electrons. The quantitative estimate of drug-likeness (QED) is 0.771. The fourth-order valence-corrected chi connectivity index (χ4v) is 1.46. The molecule has 0 amide bonds. The van der Waals surface area contributed by atoms with E-state index in [1.807, 2.05) is 19.1 Å². The number of nitrogens with zero attached hydrogens (tertiary/aromatic N) is 2. The molecule has 14 heavy (non-hydrogen) atoms. The molecule has 1 aromatic heterocycles. The Hall–Kier alpha value is -0.870. The largest absolute Gasteiger partial charge is 0.365 e. The molecule has 1 aromatic rings.